The van der Waals surface area contributed by atoms with Gasteiger partial charge in [-0.15, -0.1) is 0 Å². The van der Waals surface area contributed by atoms with Crippen molar-refractivity contribution in [1.82, 2.24) is 4.90 Å². The summed E-state index contributed by atoms with van der Waals surface area (Å²) >= 11 is 0. The largest absolute Gasteiger partial charge is 2.00 e. The van der Waals surface area contributed by atoms with Gasteiger partial charge in [0.2, 0.25) is 0 Å². The fourth-order valence-corrected chi connectivity index (χ4v) is 4.70. The van der Waals surface area contributed by atoms with Crippen LogP contribution < -0.4 is 10.2 Å². The zero-order chi connectivity index (χ0) is 26.7. The van der Waals surface area contributed by atoms with Crippen LogP contribution in [0.3, 0.4) is 0 Å². The number of carboxylic acids is 2. The van der Waals surface area contributed by atoms with Crippen LogP contribution in [0.15, 0.2) is 30.3 Å². The summed E-state index contributed by atoms with van der Waals surface area (Å²) in [4.78, 5) is 34.7. The third-order valence-electron chi connectivity index (χ3n) is 6.81. The number of aliphatic carboxylic acids is 2. The fraction of sp³-hybridized carbons (Fsp3) is 0.609. The van der Waals surface area contributed by atoms with Gasteiger partial charge in [-0.05, 0) is 12.6 Å². The standard InChI is InChI=1S/C17H21NO4.C6H10O8.Ca/c1-18-13-7-11(8-14(18)16-15(13)22-16)21-17(20)12(9-19)10-5-3-2-4-6-10;7-1(3(9)5(11)12)2(8)4(10)6(13)14;/h2-6,11-16,19H,7-9H2,1H3;1-4,7-10H,(H,11,12)(H,13,14);/q;;+2/p-2/t11?,12-,13-,14+,15-,16+;1-,2-,3-,4+;/m10./s1. The van der Waals surface area contributed by atoms with Gasteiger partial charge in [0, 0.05) is 24.9 Å². The van der Waals surface area contributed by atoms with Gasteiger partial charge in [-0.25, -0.2) is 0 Å². The van der Waals surface area contributed by atoms with Gasteiger partial charge in [0.05, 0.1) is 18.5 Å². The molecule has 0 aliphatic carbocycles. The molecule has 37 heavy (non-hydrogen) atoms. The Bertz CT molecular complexity index is 894. The molecule has 1 aromatic rings. The van der Waals surface area contributed by atoms with Gasteiger partial charge in [0.15, 0.2) is 0 Å². The molecule has 3 aliphatic heterocycles. The Labute approximate surface area is 242 Å². The van der Waals surface area contributed by atoms with E-state index < -0.39 is 42.3 Å². The van der Waals surface area contributed by atoms with Crippen LogP contribution in [0.2, 0.25) is 0 Å². The molecule has 4 rings (SSSR count). The molecule has 0 spiro atoms. The van der Waals surface area contributed by atoms with Crippen LogP contribution in [-0.2, 0) is 23.9 Å². The quantitative estimate of drug-likeness (QED) is 0.110. The summed E-state index contributed by atoms with van der Waals surface area (Å²) in [5.74, 6) is -5.13. The number of benzene rings is 1. The van der Waals surface area contributed by atoms with Gasteiger partial charge >= 0.3 is 43.7 Å². The maximum atomic E-state index is 12.4. The maximum absolute atomic E-state index is 12.4. The number of carboxylic acid groups (broad SMARTS) is 2. The van der Waals surface area contributed by atoms with Crippen LogP contribution in [0.4, 0.5) is 0 Å². The predicted molar refractivity (Wildman–Crippen MR) is 119 cm³/mol. The number of aliphatic hydroxyl groups excluding tert-OH is 5. The molecule has 10 atom stereocenters. The van der Waals surface area contributed by atoms with Crippen molar-refractivity contribution < 1.29 is 59.6 Å². The summed E-state index contributed by atoms with van der Waals surface area (Å²) < 4.78 is 11.4. The number of rotatable bonds is 9. The smallest absolute Gasteiger partial charge is 0.547 e. The van der Waals surface area contributed by atoms with Gasteiger partial charge in [0.1, 0.15) is 48.6 Å². The molecule has 3 heterocycles. The van der Waals surface area contributed by atoms with Crippen molar-refractivity contribution in [2.75, 3.05) is 13.7 Å². The number of morpholine rings is 1. The number of esters is 1. The molecule has 0 saturated carbocycles. The van der Waals surface area contributed by atoms with Crippen molar-refractivity contribution in [3.05, 3.63) is 35.9 Å². The number of likely N-dealkylation sites (N-methyl/N-ethyl adjacent to an activating group) is 1. The minimum absolute atomic E-state index is 0. The number of carbonyl (C=O) groups excluding carboxylic acids is 3. The molecule has 14 heteroatoms. The average molecular weight is 552 g/mol. The van der Waals surface area contributed by atoms with Gasteiger partial charge in [-0.2, -0.15) is 0 Å². The van der Waals surface area contributed by atoms with Crippen LogP contribution in [0.25, 0.3) is 0 Å². The predicted octanol–water partition coefficient (Wildman–Crippen LogP) is -5.53. The number of nitrogens with zero attached hydrogens (tertiary/aromatic N) is 1. The molecule has 1 unspecified atom stereocenters. The van der Waals surface area contributed by atoms with E-state index in [-0.39, 0.29) is 56.4 Å². The molecule has 0 radical (unpaired) electrons. The fourth-order valence-electron chi connectivity index (χ4n) is 4.70. The van der Waals surface area contributed by atoms with E-state index in [0.29, 0.717) is 24.3 Å². The molecule has 200 valence electrons. The molecule has 3 fully saturated rings. The number of ether oxygens (including phenoxy) is 2. The van der Waals surface area contributed by atoms with Crippen molar-refractivity contribution in [3.63, 3.8) is 0 Å². The van der Waals surface area contributed by atoms with E-state index in [1.54, 1.807) is 0 Å². The van der Waals surface area contributed by atoms with E-state index in [2.05, 4.69) is 11.9 Å². The van der Waals surface area contributed by atoms with E-state index in [4.69, 9.17) is 29.9 Å². The number of hydrogen-bond donors (Lipinski definition) is 5. The average Bonchev–Trinajstić information content (AvgIpc) is 3.62. The molecule has 1 aromatic carbocycles. The van der Waals surface area contributed by atoms with Gasteiger partial charge in [0.25, 0.3) is 0 Å². The molecule has 5 N–H and O–H groups in total. The number of aliphatic hydroxyl groups is 5. The first-order valence-corrected chi connectivity index (χ1v) is 11.4. The van der Waals surface area contributed by atoms with Crippen LogP contribution in [0.5, 0.6) is 0 Å². The number of fused-ring (bicyclic) bond motifs is 5. The molecule has 0 amide bonds. The summed E-state index contributed by atoms with van der Waals surface area (Å²) in [5, 5.41) is 64.3. The number of epoxide rings is 1. The Morgan fingerprint density at radius 3 is 1.84 bits per heavy atom. The van der Waals surface area contributed by atoms with Crippen LogP contribution in [0.1, 0.15) is 24.3 Å². The first-order valence-electron chi connectivity index (χ1n) is 11.4. The normalized spacial score (nSPS) is 29.6. The number of hydrogen-bond acceptors (Lipinski definition) is 13. The first kappa shape index (κ1) is 31.8. The van der Waals surface area contributed by atoms with Crippen LogP contribution in [-0.4, -0.2) is 155 Å². The monoisotopic (exact) mass is 551 g/mol. The van der Waals surface area contributed by atoms with Gasteiger partial charge in [-0.3, -0.25) is 9.69 Å². The van der Waals surface area contributed by atoms with E-state index in [1.807, 2.05) is 30.3 Å². The molecule has 0 aromatic heterocycles. The van der Waals surface area contributed by atoms with E-state index in [0.717, 1.165) is 18.4 Å². The number of carbonyl (C=O) groups is 3. The first-order chi connectivity index (χ1) is 17.0. The second kappa shape index (κ2) is 13.6. The summed E-state index contributed by atoms with van der Waals surface area (Å²) in [6.07, 6.45) is -7.51. The van der Waals surface area contributed by atoms with E-state index in [9.17, 15) is 29.7 Å². The van der Waals surface area contributed by atoms with Gasteiger partial charge < -0.3 is 54.8 Å². The Hall–Kier alpha value is -1.39. The summed E-state index contributed by atoms with van der Waals surface area (Å²) in [6.45, 7) is -0.226. The minimum atomic E-state index is -2.50. The molecule has 3 saturated heterocycles. The molecule has 2 bridgehead atoms. The second-order valence-corrected chi connectivity index (χ2v) is 9.05. The zero-order valence-corrected chi connectivity index (χ0v) is 22.2. The van der Waals surface area contributed by atoms with Gasteiger partial charge in [-0.1, -0.05) is 30.3 Å². The molecule has 13 nitrogen and oxygen atoms in total. The van der Waals surface area contributed by atoms with Crippen molar-refractivity contribution in [3.8, 4) is 0 Å². The second-order valence-electron chi connectivity index (χ2n) is 9.05. The topological polar surface area (TPSA) is 223 Å². The molecule has 3 aliphatic rings. The Morgan fingerprint density at radius 1 is 0.973 bits per heavy atom. The number of piperidine rings is 1. The third kappa shape index (κ3) is 7.38. The summed E-state index contributed by atoms with van der Waals surface area (Å²) in [7, 11) is 2.13. The van der Waals surface area contributed by atoms with E-state index in [1.165, 1.54) is 0 Å². The van der Waals surface area contributed by atoms with Crippen LogP contribution in [0, 0.1) is 0 Å². The van der Waals surface area contributed by atoms with Crippen LogP contribution >= 0.6 is 0 Å². The van der Waals surface area contributed by atoms with E-state index >= 15 is 0 Å². The summed E-state index contributed by atoms with van der Waals surface area (Å²) in [6, 6.07) is 10.1. The maximum Gasteiger partial charge on any atom is 2.00 e. The third-order valence-corrected chi connectivity index (χ3v) is 6.81. The van der Waals surface area contributed by atoms with Crippen molar-refractivity contribution >= 4 is 55.6 Å². The minimum Gasteiger partial charge on any atom is -0.547 e. The summed E-state index contributed by atoms with van der Waals surface area (Å²) in [5.41, 5.74) is 0.803. The zero-order valence-electron chi connectivity index (χ0n) is 20.0. The SMILES string of the molecule is CN1[C@@H]2CC(OC(=O)[C@H](CO)c3ccccc3)C[C@H]1[C@@H]1O[C@@H]12.O=C([O-])[C@@H](O)[C@@H](O)[C@H](O)[C@@H](O)C(=O)[O-].[Ca+2]. The molecular formula is C23H29CaNO12. The van der Waals surface area contributed by atoms with Crippen molar-refractivity contribution in [2.24, 2.45) is 0 Å². The Balaban J connectivity index is 0.000000283. The van der Waals surface area contributed by atoms with Crippen molar-refractivity contribution in [1.29, 1.82) is 0 Å². The van der Waals surface area contributed by atoms with Crippen molar-refractivity contribution in [2.45, 2.75) is 73.6 Å². The Kier molecular flexibility index (Phi) is 11.7. The molecular weight excluding hydrogens is 522 g/mol. The Morgan fingerprint density at radius 2 is 1.43 bits per heavy atom.